The van der Waals surface area contributed by atoms with Crippen LogP contribution in [0.5, 0.6) is 0 Å². The third kappa shape index (κ3) is 3.56. The highest BCUT2D eigenvalue weighted by Crippen LogP contribution is 2.24. The second-order valence-electron chi connectivity index (χ2n) is 5.33. The van der Waals surface area contributed by atoms with Gasteiger partial charge in [0, 0.05) is 17.1 Å². The summed E-state index contributed by atoms with van der Waals surface area (Å²) in [5, 5.41) is 3.71. The second kappa shape index (κ2) is 6.01. The maximum absolute atomic E-state index is 3.71. The molecule has 1 nitrogen and oxygen atoms in total. The molecule has 1 fully saturated rings. The number of benzene rings is 1. The smallest absolute Gasteiger partial charge is 0.0208 e. The molecule has 1 N–H and O–H groups in total. The molecule has 0 spiro atoms. The van der Waals surface area contributed by atoms with E-state index in [2.05, 4.69) is 53.3 Å². The van der Waals surface area contributed by atoms with Gasteiger partial charge in [-0.1, -0.05) is 47.8 Å². The first kappa shape index (κ1) is 13.1. The summed E-state index contributed by atoms with van der Waals surface area (Å²) in [7, 11) is 0. The first-order chi connectivity index (χ1) is 8.16. The fourth-order valence-electron chi connectivity index (χ4n) is 2.61. The molecule has 0 heterocycles. The second-order valence-corrected chi connectivity index (χ2v) is 6.19. The van der Waals surface area contributed by atoms with Crippen LogP contribution in [0.15, 0.2) is 22.7 Å². The standard InChI is InChI=1S/C15H22BrN/c1-11-7-8-13(9-14(11)16)10-17-15-6-4-3-5-12(15)2/h7-9,12,15,17H,3-6,10H2,1-2H3. The molecule has 1 aromatic carbocycles. The van der Waals surface area contributed by atoms with Crippen molar-refractivity contribution in [1.82, 2.24) is 5.32 Å². The highest BCUT2D eigenvalue weighted by Gasteiger charge is 2.20. The Bertz CT molecular complexity index is 375. The zero-order valence-corrected chi connectivity index (χ0v) is 12.4. The fraction of sp³-hybridized carbons (Fsp3) is 0.600. The molecule has 2 heteroatoms. The Morgan fingerprint density at radius 2 is 2.06 bits per heavy atom. The average molecular weight is 296 g/mol. The summed E-state index contributed by atoms with van der Waals surface area (Å²) in [5.74, 6) is 0.831. The highest BCUT2D eigenvalue weighted by molar-refractivity contribution is 9.10. The van der Waals surface area contributed by atoms with Crippen LogP contribution in [-0.2, 0) is 6.54 Å². The Hall–Kier alpha value is -0.340. The molecule has 0 saturated heterocycles. The van der Waals surface area contributed by atoms with E-state index < -0.39 is 0 Å². The Morgan fingerprint density at radius 1 is 1.29 bits per heavy atom. The minimum absolute atomic E-state index is 0.712. The summed E-state index contributed by atoms with van der Waals surface area (Å²) < 4.78 is 1.22. The number of hydrogen-bond acceptors (Lipinski definition) is 1. The van der Waals surface area contributed by atoms with E-state index in [9.17, 15) is 0 Å². The lowest BCUT2D eigenvalue weighted by Gasteiger charge is -2.29. The van der Waals surface area contributed by atoms with Crippen molar-refractivity contribution in [1.29, 1.82) is 0 Å². The molecule has 1 saturated carbocycles. The summed E-state index contributed by atoms with van der Waals surface area (Å²) in [4.78, 5) is 0. The molecule has 0 bridgehead atoms. The normalized spacial score (nSPS) is 24.9. The average Bonchev–Trinajstić information content (AvgIpc) is 2.32. The maximum atomic E-state index is 3.71. The number of nitrogens with one attached hydrogen (secondary N) is 1. The Labute approximate surface area is 113 Å². The van der Waals surface area contributed by atoms with E-state index in [4.69, 9.17) is 0 Å². The summed E-state index contributed by atoms with van der Waals surface area (Å²) in [6.45, 7) is 5.50. The van der Waals surface area contributed by atoms with Crippen molar-refractivity contribution < 1.29 is 0 Å². The molecule has 2 unspecified atom stereocenters. The van der Waals surface area contributed by atoms with Crippen molar-refractivity contribution in [2.45, 2.75) is 52.1 Å². The number of hydrogen-bond donors (Lipinski definition) is 1. The minimum Gasteiger partial charge on any atom is -0.310 e. The number of halogens is 1. The Balaban J connectivity index is 1.90. The molecule has 1 aliphatic rings. The number of aryl methyl sites for hydroxylation is 1. The molecule has 2 rings (SSSR count). The Kier molecular flexibility index (Phi) is 4.63. The van der Waals surface area contributed by atoms with Gasteiger partial charge in [-0.05, 0) is 42.9 Å². The fourth-order valence-corrected chi connectivity index (χ4v) is 3.04. The van der Waals surface area contributed by atoms with Gasteiger partial charge in [-0.3, -0.25) is 0 Å². The van der Waals surface area contributed by atoms with E-state index in [1.165, 1.54) is 41.3 Å². The largest absolute Gasteiger partial charge is 0.310 e. The van der Waals surface area contributed by atoms with Crippen LogP contribution < -0.4 is 5.32 Å². The first-order valence-corrected chi connectivity index (χ1v) is 7.44. The monoisotopic (exact) mass is 295 g/mol. The quantitative estimate of drug-likeness (QED) is 0.870. The predicted octanol–water partition coefficient (Wildman–Crippen LogP) is 4.43. The van der Waals surface area contributed by atoms with Crippen molar-refractivity contribution in [3.63, 3.8) is 0 Å². The summed E-state index contributed by atoms with van der Waals surface area (Å²) in [6.07, 6.45) is 5.53. The maximum Gasteiger partial charge on any atom is 0.0208 e. The van der Waals surface area contributed by atoms with Gasteiger partial charge in [-0.2, -0.15) is 0 Å². The van der Waals surface area contributed by atoms with Crippen molar-refractivity contribution in [2.24, 2.45) is 5.92 Å². The van der Waals surface area contributed by atoms with Crippen molar-refractivity contribution in [2.75, 3.05) is 0 Å². The van der Waals surface area contributed by atoms with Gasteiger partial charge in [0.1, 0.15) is 0 Å². The summed E-state index contributed by atoms with van der Waals surface area (Å²) in [6, 6.07) is 7.35. The van der Waals surface area contributed by atoms with Gasteiger partial charge in [0.05, 0.1) is 0 Å². The molecule has 0 aromatic heterocycles. The van der Waals surface area contributed by atoms with Crippen molar-refractivity contribution >= 4 is 15.9 Å². The van der Waals surface area contributed by atoms with E-state index in [0.29, 0.717) is 6.04 Å². The molecular weight excluding hydrogens is 274 g/mol. The zero-order valence-electron chi connectivity index (χ0n) is 10.8. The molecule has 94 valence electrons. The van der Waals surface area contributed by atoms with E-state index >= 15 is 0 Å². The van der Waals surface area contributed by atoms with Crippen molar-refractivity contribution in [3.05, 3.63) is 33.8 Å². The van der Waals surface area contributed by atoms with Gasteiger partial charge in [-0.15, -0.1) is 0 Å². The van der Waals surface area contributed by atoms with Crippen LogP contribution in [0.4, 0.5) is 0 Å². The molecule has 0 radical (unpaired) electrons. The Morgan fingerprint density at radius 3 is 2.76 bits per heavy atom. The van der Waals surface area contributed by atoms with Gasteiger partial charge in [-0.25, -0.2) is 0 Å². The van der Waals surface area contributed by atoms with Gasteiger partial charge in [0.15, 0.2) is 0 Å². The molecular formula is C15H22BrN. The van der Waals surface area contributed by atoms with Crippen molar-refractivity contribution in [3.8, 4) is 0 Å². The van der Waals surface area contributed by atoms with Gasteiger partial charge in [0.2, 0.25) is 0 Å². The van der Waals surface area contributed by atoms with Crippen LogP contribution in [0.1, 0.15) is 43.7 Å². The van der Waals surface area contributed by atoms with Crippen LogP contribution in [0.3, 0.4) is 0 Å². The van der Waals surface area contributed by atoms with Crippen LogP contribution in [-0.4, -0.2) is 6.04 Å². The molecule has 17 heavy (non-hydrogen) atoms. The van der Waals surface area contributed by atoms with E-state index in [1.807, 2.05) is 0 Å². The number of rotatable bonds is 3. The summed E-state index contributed by atoms with van der Waals surface area (Å²) in [5.41, 5.74) is 2.68. The zero-order chi connectivity index (χ0) is 12.3. The lowest BCUT2D eigenvalue weighted by atomic mass is 9.86. The highest BCUT2D eigenvalue weighted by atomic mass is 79.9. The van der Waals surface area contributed by atoms with Crippen LogP contribution in [0, 0.1) is 12.8 Å². The van der Waals surface area contributed by atoms with Crippen LogP contribution in [0.25, 0.3) is 0 Å². The molecule has 1 aromatic rings. The van der Waals surface area contributed by atoms with E-state index in [-0.39, 0.29) is 0 Å². The van der Waals surface area contributed by atoms with Crippen LogP contribution >= 0.6 is 15.9 Å². The predicted molar refractivity (Wildman–Crippen MR) is 77.1 cm³/mol. The lowest BCUT2D eigenvalue weighted by Crippen LogP contribution is -2.36. The molecule has 1 aliphatic carbocycles. The topological polar surface area (TPSA) is 12.0 Å². The third-order valence-corrected chi connectivity index (χ3v) is 4.77. The van der Waals surface area contributed by atoms with Gasteiger partial charge in [0.25, 0.3) is 0 Å². The lowest BCUT2D eigenvalue weighted by molar-refractivity contribution is 0.279. The SMILES string of the molecule is Cc1ccc(CNC2CCCCC2C)cc1Br. The van der Waals surface area contributed by atoms with Crippen LogP contribution in [0.2, 0.25) is 0 Å². The third-order valence-electron chi connectivity index (χ3n) is 3.92. The minimum atomic E-state index is 0.712. The first-order valence-electron chi connectivity index (χ1n) is 6.65. The van der Waals surface area contributed by atoms with Gasteiger partial charge < -0.3 is 5.32 Å². The van der Waals surface area contributed by atoms with E-state index in [0.717, 1.165) is 12.5 Å². The molecule has 0 amide bonds. The molecule has 0 aliphatic heterocycles. The van der Waals surface area contributed by atoms with E-state index in [1.54, 1.807) is 0 Å². The molecule has 2 atom stereocenters. The summed E-state index contributed by atoms with van der Waals surface area (Å²) >= 11 is 3.60. The van der Waals surface area contributed by atoms with Gasteiger partial charge >= 0.3 is 0 Å².